The van der Waals surface area contributed by atoms with Gasteiger partial charge < -0.3 is 9.80 Å². The summed E-state index contributed by atoms with van der Waals surface area (Å²) in [4.78, 5) is 20.8. The van der Waals surface area contributed by atoms with Crippen LogP contribution in [0.2, 0.25) is 5.02 Å². The van der Waals surface area contributed by atoms with E-state index < -0.39 is 0 Å². The number of halogens is 2. The Morgan fingerprint density at radius 3 is 2.50 bits per heavy atom. The van der Waals surface area contributed by atoms with Crippen LogP contribution in [-0.4, -0.2) is 44.2 Å². The highest BCUT2D eigenvalue weighted by Crippen LogP contribution is 2.28. The normalized spacial score (nSPS) is 11.0. The van der Waals surface area contributed by atoms with Crippen molar-refractivity contribution in [1.29, 1.82) is 0 Å². The van der Waals surface area contributed by atoms with Gasteiger partial charge in [-0.2, -0.15) is 0 Å². The predicted octanol–water partition coefficient (Wildman–Crippen LogP) is 4.72. The molecule has 26 heavy (non-hydrogen) atoms. The third-order valence-electron chi connectivity index (χ3n) is 4.13. The number of hydrogen-bond acceptors (Lipinski definition) is 3. The van der Waals surface area contributed by atoms with Crippen LogP contribution in [0, 0.1) is 12.7 Å². The maximum atomic E-state index is 13.0. The molecule has 0 atom stereocenters. The Balaban J connectivity index is 2.17. The highest BCUT2D eigenvalue weighted by molar-refractivity contribution is 6.34. The zero-order valence-corrected chi connectivity index (χ0v) is 16.2. The van der Waals surface area contributed by atoms with Crippen molar-refractivity contribution in [3.8, 4) is 0 Å². The van der Waals surface area contributed by atoms with Crippen LogP contribution in [0.25, 0.3) is 0 Å². The Bertz CT molecular complexity index is 805. The van der Waals surface area contributed by atoms with E-state index in [1.54, 1.807) is 42.6 Å². The SMILES string of the molecule is CCN(C)/C=N\c1cc(Cl)c(C(=O)CN(C)c2ccc(F)cc2)cc1C. The fourth-order valence-electron chi connectivity index (χ4n) is 2.35. The van der Waals surface area contributed by atoms with Crippen molar-refractivity contribution in [2.45, 2.75) is 13.8 Å². The van der Waals surface area contributed by atoms with Crippen molar-refractivity contribution in [3.05, 3.63) is 58.4 Å². The lowest BCUT2D eigenvalue weighted by Gasteiger charge is -2.19. The highest BCUT2D eigenvalue weighted by atomic mass is 35.5. The van der Waals surface area contributed by atoms with Gasteiger partial charge in [-0.3, -0.25) is 4.79 Å². The Labute approximate surface area is 158 Å². The van der Waals surface area contributed by atoms with E-state index in [0.717, 1.165) is 23.5 Å². The quantitative estimate of drug-likeness (QED) is 0.399. The van der Waals surface area contributed by atoms with Gasteiger partial charge in [-0.15, -0.1) is 0 Å². The molecule has 0 aromatic heterocycles. The van der Waals surface area contributed by atoms with Crippen molar-refractivity contribution in [1.82, 2.24) is 4.90 Å². The third kappa shape index (κ3) is 5.05. The van der Waals surface area contributed by atoms with Crippen molar-refractivity contribution >= 4 is 35.1 Å². The van der Waals surface area contributed by atoms with E-state index in [-0.39, 0.29) is 18.1 Å². The van der Waals surface area contributed by atoms with Crippen molar-refractivity contribution in [3.63, 3.8) is 0 Å². The minimum atomic E-state index is -0.308. The molecule has 0 fully saturated rings. The largest absolute Gasteiger partial charge is 0.367 e. The molecule has 0 amide bonds. The molecule has 2 rings (SSSR count). The Kier molecular flexibility index (Phi) is 6.75. The van der Waals surface area contributed by atoms with Crippen molar-refractivity contribution in [2.75, 3.05) is 32.1 Å². The summed E-state index contributed by atoms with van der Waals surface area (Å²) >= 11 is 6.32. The summed E-state index contributed by atoms with van der Waals surface area (Å²) < 4.78 is 13.0. The Morgan fingerprint density at radius 2 is 1.88 bits per heavy atom. The molecule has 0 bridgehead atoms. The van der Waals surface area contributed by atoms with Crippen molar-refractivity contribution in [2.24, 2.45) is 4.99 Å². The summed E-state index contributed by atoms with van der Waals surface area (Å²) in [5.41, 5.74) is 2.83. The number of nitrogens with zero attached hydrogens (tertiary/aromatic N) is 3. The van der Waals surface area contributed by atoms with E-state index in [1.165, 1.54) is 12.1 Å². The van der Waals surface area contributed by atoms with E-state index >= 15 is 0 Å². The zero-order chi connectivity index (χ0) is 19.3. The lowest BCUT2D eigenvalue weighted by molar-refractivity contribution is 0.100. The number of anilines is 1. The second-order valence-electron chi connectivity index (χ2n) is 6.19. The molecule has 6 heteroatoms. The Hall–Kier alpha value is -2.40. The number of likely N-dealkylation sites (N-methyl/N-ethyl adjacent to an activating group) is 1. The molecule has 0 aliphatic heterocycles. The molecule has 0 spiro atoms. The number of carbonyl (C=O) groups is 1. The van der Waals surface area contributed by atoms with Gasteiger partial charge in [-0.05, 0) is 55.8 Å². The van der Waals surface area contributed by atoms with Gasteiger partial charge in [0.2, 0.25) is 0 Å². The second-order valence-corrected chi connectivity index (χ2v) is 6.60. The Morgan fingerprint density at radius 1 is 1.23 bits per heavy atom. The number of rotatable bonds is 7. The van der Waals surface area contributed by atoms with E-state index in [0.29, 0.717) is 10.6 Å². The monoisotopic (exact) mass is 375 g/mol. The predicted molar refractivity (Wildman–Crippen MR) is 107 cm³/mol. The van der Waals surface area contributed by atoms with Crippen LogP contribution in [0.1, 0.15) is 22.8 Å². The van der Waals surface area contributed by atoms with Crippen molar-refractivity contribution < 1.29 is 9.18 Å². The minimum Gasteiger partial charge on any atom is -0.367 e. The van der Waals surface area contributed by atoms with E-state index in [1.807, 2.05) is 25.8 Å². The topological polar surface area (TPSA) is 35.9 Å². The lowest BCUT2D eigenvalue weighted by atomic mass is 10.1. The highest BCUT2D eigenvalue weighted by Gasteiger charge is 2.15. The van der Waals surface area contributed by atoms with E-state index in [4.69, 9.17) is 11.6 Å². The number of carbonyl (C=O) groups excluding carboxylic acids is 1. The average Bonchev–Trinajstić information content (AvgIpc) is 2.62. The standard InChI is InChI=1S/C20H23ClFN3O/c1-5-24(3)13-23-19-11-18(21)17(10-14(19)2)20(26)12-25(4)16-8-6-15(22)7-9-16/h6-11,13H,5,12H2,1-4H3/b23-13-. The summed E-state index contributed by atoms with van der Waals surface area (Å²) in [5.74, 6) is -0.414. The molecule has 4 nitrogen and oxygen atoms in total. The van der Waals surface area contributed by atoms with Gasteiger partial charge in [-0.25, -0.2) is 9.38 Å². The number of Topliss-reactive ketones (excluding diaryl/α,β-unsaturated/α-hetero) is 1. The summed E-state index contributed by atoms with van der Waals surface area (Å²) in [6.45, 7) is 4.93. The summed E-state index contributed by atoms with van der Waals surface area (Å²) in [7, 11) is 3.72. The lowest BCUT2D eigenvalue weighted by Crippen LogP contribution is -2.25. The molecule has 0 heterocycles. The molecular weight excluding hydrogens is 353 g/mol. The minimum absolute atomic E-state index is 0.105. The molecule has 138 valence electrons. The van der Waals surface area contributed by atoms with Gasteiger partial charge in [0.25, 0.3) is 0 Å². The molecular formula is C20H23ClFN3O. The van der Waals surface area contributed by atoms with Gasteiger partial charge in [0.1, 0.15) is 5.82 Å². The zero-order valence-electron chi connectivity index (χ0n) is 15.5. The first kappa shape index (κ1) is 19.9. The third-order valence-corrected chi connectivity index (χ3v) is 4.44. The van der Waals surface area contributed by atoms with Crippen LogP contribution in [0.4, 0.5) is 15.8 Å². The maximum absolute atomic E-state index is 13.0. The second kappa shape index (κ2) is 8.81. The van der Waals surface area contributed by atoms with Crippen LogP contribution in [-0.2, 0) is 0 Å². The summed E-state index contributed by atoms with van der Waals surface area (Å²) in [5, 5.41) is 0.374. The fraction of sp³-hybridized carbons (Fsp3) is 0.300. The van der Waals surface area contributed by atoms with Gasteiger partial charge >= 0.3 is 0 Å². The molecule has 0 N–H and O–H groups in total. The van der Waals surface area contributed by atoms with Gasteiger partial charge in [0, 0.05) is 31.9 Å². The molecule has 0 aliphatic rings. The summed E-state index contributed by atoms with van der Waals surface area (Å²) in [6, 6.07) is 9.49. The molecule has 2 aromatic rings. The molecule has 0 aliphatic carbocycles. The maximum Gasteiger partial charge on any atom is 0.183 e. The first-order chi connectivity index (χ1) is 12.3. The van der Waals surface area contributed by atoms with Crippen LogP contribution < -0.4 is 4.90 Å². The van der Waals surface area contributed by atoms with E-state index in [9.17, 15) is 9.18 Å². The van der Waals surface area contributed by atoms with Gasteiger partial charge in [0.15, 0.2) is 5.78 Å². The average molecular weight is 376 g/mol. The molecule has 0 radical (unpaired) electrons. The molecule has 0 saturated carbocycles. The molecule has 0 unspecified atom stereocenters. The first-order valence-electron chi connectivity index (χ1n) is 8.36. The number of aliphatic imine (C=N–C) groups is 1. The first-order valence-corrected chi connectivity index (χ1v) is 8.74. The summed E-state index contributed by atoms with van der Waals surface area (Å²) in [6.07, 6.45) is 1.74. The number of aryl methyl sites for hydroxylation is 1. The number of hydrogen-bond donors (Lipinski definition) is 0. The van der Waals surface area contributed by atoms with E-state index in [2.05, 4.69) is 4.99 Å². The van der Waals surface area contributed by atoms with Crippen LogP contribution in [0.15, 0.2) is 41.4 Å². The van der Waals surface area contributed by atoms with Crippen LogP contribution in [0.3, 0.4) is 0 Å². The number of ketones is 1. The molecule has 0 saturated heterocycles. The van der Waals surface area contributed by atoms with Crippen LogP contribution >= 0.6 is 11.6 Å². The molecule has 2 aromatic carbocycles. The fourth-order valence-corrected chi connectivity index (χ4v) is 2.62. The van der Waals surface area contributed by atoms with Gasteiger partial charge in [0.05, 0.1) is 23.6 Å². The van der Waals surface area contributed by atoms with Crippen LogP contribution in [0.5, 0.6) is 0 Å². The smallest absolute Gasteiger partial charge is 0.183 e. The van der Waals surface area contributed by atoms with Gasteiger partial charge in [-0.1, -0.05) is 11.6 Å². The number of benzene rings is 2.